The fraction of sp³-hybridized carbons (Fsp3) is 0.250. The molecule has 3 rings (SSSR count). The summed E-state index contributed by atoms with van der Waals surface area (Å²) < 4.78 is 16.9. The second-order valence-electron chi connectivity index (χ2n) is 5.19. The molecule has 0 aliphatic heterocycles. The molecule has 0 bridgehead atoms. The standard InChI is InChI=1S/C16H17FN4O/c1-11-19-14(9-20(11)2)16-18-7-8-21(16)15(10-22)12-3-5-13(17)6-4-12/h3-9,15,22H,10H2,1-2H3. The Morgan fingerprint density at radius 2 is 2.00 bits per heavy atom. The van der Waals surface area contributed by atoms with E-state index in [2.05, 4.69) is 9.97 Å². The van der Waals surface area contributed by atoms with Gasteiger partial charge in [-0.25, -0.2) is 14.4 Å². The SMILES string of the molecule is Cc1nc(-c2nccn2C(CO)c2ccc(F)cc2)cn1C. The van der Waals surface area contributed by atoms with E-state index in [1.807, 2.05) is 29.3 Å². The van der Waals surface area contributed by atoms with Gasteiger partial charge < -0.3 is 14.2 Å². The summed E-state index contributed by atoms with van der Waals surface area (Å²) in [4.78, 5) is 8.83. The van der Waals surface area contributed by atoms with Gasteiger partial charge in [-0.2, -0.15) is 0 Å². The first-order valence-electron chi connectivity index (χ1n) is 6.99. The van der Waals surface area contributed by atoms with Crippen LogP contribution in [0.2, 0.25) is 0 Å². The van der Waals surface area contributed by atoms with E-state index < -0.39 is 0 Å². The summed E-state index contributed by atoms with van der Waals surface area (Å²) >= 11 is 0. The Hall–Kier alpha value is -2.47. The van der Waals surface area contributed by atoms with Gasteiger partial charge in [-0.3, -0.25) is 0 Å². The number of halogens is 1. The van der Waals surface area contributed by atoms with Gasteiger partial charge >= 0.3 is 0 Å². The normalized spacial score (nSPS) is 12.5. The van der Waals surface area contributed by atoms with E-state index in [4.69, 9.17) is 0 Å². The topological polar surface area (TPSA) is 55.9 Å². The van der Waals surface area contributed by atoms with Crippen LogP contribution in [0.5, 0.6) is 0 Å². The summed E-state index contributed by atoms with van der Waals surface area (Å²) in [6.45, 7) is 1.81. The van der Waals surface area contributed by atoms with E-state index in [-0.39, 0.29) is 18.5 Å². The molecule has 1 atom stereocenters. The fourth-order valence-corrected chi connectivity index (χ4v) is 2.47. The maximum absolute atomic E-state index is 13.1. The van der Waals surface area contributed by atoms with E-state index in [1.165, 1.54) is 12.1 Å². The summed E-state index contributed by atoms with van der Waals surface area (Å²) in [5, 5.41) is 9.78. The maximum atomic E-state index is 13.1. The molecule has 1 aromatic carbocycles. The van der Waals surface area contributed by atoms with Crippen molar-refractivity contribution in [2.75, 3.05) is 6.61 Å². The van der Waals surface area contributed by atoms with Gasteiger partial charge in [0.1, 0.15) is 17.3 Å². The zero-order valence-electron chi connectivity index (χ0n) is 12.4. The number of benzene rings is 1. The molecule has 3 aromatic rings. The van der Waals surface area contributed by atoms with Gasteiger partial charge in [0.2, 0.25) is 0 Å². The quantitative estimate of drug-likeness (QED) is 0.804. The number of aliphatic hydroxyl groups is 1. The van der Waals surface area contributed by atoms with Gasteiger partial charge in [0, 0.05) is 25.6 Å². The molecular weight excluding hydrogens is 283 g/mol. The lowest BCUT2D eigenvalue weighted by atomic mass is 10.1. The Balaban J connectivity index is 2.04. The second kappa shape index (κ2) is 5.73. The molecular formula is C16H17FN4O. The van der Waals surface area contributed by atoms with Crippen molar-refractivity contribution < 1.29 is 9.50 Å². The number of aliphatic hydroxyl groups excluding tert-OH is 1. The third kappa shape index (κ3) is 2.53. The highest BCUT2D eigenvalue weighted by Crippen LogP contribution is 2.25. The van der Waals surface area contributed by atoms with Crippen LogP contribution in [0, 0.1) is 12.7 Å². The number of rotatable bonds is 4. The highest BCUT2D eigenvalue weighted by atomic mass is 19.1. The van der Waals surface area contributed by atoms with Crippen LogP contribution in [0.25, 0.3) is 11.5 Å². The number of hydrogen-bond acceptors (Lipinski definition) is 3. The lowest BCUT2D eigenvalue weighted by molar-refractivity contribution is 0.250. The van der Waals surface area contributed by atoms with Gasteiger partial charge in [-0.05, 0) is 24.6 Å². The molecule has 0 aliphatic carbocycles. The molecule has 0 fully saturated rings. The lowest BCUT2D eigenvalue weighted by Gasteiger charge is -2.18. The minimum absolute atomic E-state index is 0.110. The average molecular weight is 300 g/mol. The number of aromatic nitrogens is 4. The average Bonchev–Trinajstić information content (AvgIpc) is 3.10. The molecule has 0 saturated carbocycles. The van der Waals surface area contributed by atoms with Crippen LogP contribution in [0.1, 0.15) is 17.4 Å². The summed E-state index contributed by atoms with van der Waals surface area (Å²) in [5.74, 6) is 1.26. The van der Waals surface area contributed by atoms with Crippen LogP contribution in [0.15, 0.2) is 42.9 Å². The molecule has 6 heteroatoms. The smallest absolute Gasteiger partial charge is 0.160 e. The van der Waals surface area contributed by atoms with Crippen molar-refractivity contribution in [1.82, 2.24) is 19.1 Å². The Labute approximate surface area is 127 Å². The lowest BCUT2D eigenvalue weighted by Crippen LogP contribution is -2.15. The zero-order valence-corrected chi connectivity index (χ0v) is 12.4. The Morgan fingerprint density at radius 3 is 2.59 bits per heavy atom. The van der Waals surface area contributed by atoms with Gasteiger partial charge in [0.15, 0.2) is 5.82 Å². The largest absolute Gasteiger partial charge is 0.394 e. The predicted octanol–water partition coefficient (Wildman–Crippen LogP) is 2.31. The minimum Gasteiger partial charge on any atom is -0.394 e. The van der Waals surface area contributed by atoms with E-state index >= 15 is 0 Å². The molecule has 2 aromatic heterocycles. The summed E-state index contributed by atoms with van der Waals surface area (Å²) in [7, 11) is 1.92. The summed E-state index contributed by atoms with van der Waals surface area (Å²) in [6.07, 6.45) is 5.36. The van der Waals surface area contributed by atoms with Gasteiger partial charge in [0.05, 0.1) is 12.6 Å². The van der Waals surface area contributed by atoms with Crippen molar-refractivity contribution >= 4 is 0 Å². The first-order valence-corrected chi connectivity index (χ1v) is 6.99. The molecule has 22 heavy (non-hydrogen) atoms. The summed E-state index contributed by atoms with van der Waals surface area (Å²) in [5.41, 5.74) is 1.56. The van der Waals surface area contributed by atoms with Crippen molar-refractivity contribution in [3.05, 3.63) is 60.1 Å². The van der Waals surface area contributed by atoms with Crippen molar-refractivity contribution in [2.45, 2.75) is 13.0 Å². The van der Waals surface area contributed by atoms with Crippen LogP contribution in [-0.4, -0.2) is 30.8 Å². The van der Waals surface area contributed by atoms with Crippen molar-refractivity contribution in [3.8, 4) is 11.5 Å². The minimum atomic E-state index is -0.333. The fourth-order valence-electron chi connectivity index (χ4n) is 2.47. The van der Waals surface area contributed by atoms with Crippen LogP contribution in [-0.2, 0) is 7.05 Å². The second-order valence-corrected chi connectivity index (χ2v) is 5.19. The predicted molar refractivity (Wildman–Crippen MR) is 80.8 cm³/mol. The monoisotopic (exact) mass is 300 g/mol. The molecule has 114 valence electrons. The van der Waals surface area contributed by atoms with Crippen molar-refractivity contribution in [2.24, 2.45) is 7.05 Å². The first kappa shape index (κ1) is 14.5. The molecule has 0 radical (unpaired) electrons. The van der Waals surface area contributed by atoms with E-state index in [1.54, 1.807) is 24.5 Å². The van der Waals surface area contributed by atoms with Gasteiger partial charge in [-0.15, -0.1) is 0 Å². The third-order valence-electron chi connectivity index (χ3n) is 3.77. The Morgan fingerprint density at radius 1 is 1.27 bits per heavy atom. The van der Waals surface area contributed by atoms with Gasteiger partial charge in [-0.1, -0.05) is 12.1 Å². The van der Waals surface area contributed by atoms with Crippen molar-refractivity contribution in [3.63, 3.8) is 0 Å². The van der Waals surface area contributed by atoms with Crippen LogP contribution in [0.3, 0.4) is 0 Å². The molecule has 1 N–H and O–H groups in total. The zero-order chi connectivity index (χ0) is 15.7. The third-order valence-corrected chi connectivity index (χ3v) is 3.77. The molecule has 0 amide bonds. The molecule has 0 aliphatic rings. The van der Waals surface area contributed by atoms with Crippen molar-refractivity contribution in [1.29, 1.82) is 0 Å². The Bertz CT molecular complexity index is 756. The Kier molecular flexibility index (Phi) is 3.77. The highest BCUT2D eigenvalue weighted by Gasteiger charge is 2.19. The summed E-state index contributed by atoms with van der Waals surface area (Å²) in [6, 6.07) is 5.78. The number of imidazole rings is 2. The number of hydrogen-bond donors (Lipinski definition) is 1. The molecule has 5 nitrogen and oxygen atoms in total. The van der Waals surface area contributed by atoms with Crippen LogP contribution in [0.4, 0.5) is 4.39 Å². The molecule has 1 unspecified atom stereocenters. The molecule has 0 saturated heterocycles. The number of aryl methyl sites for hydroxylation is 2. The van der Waals surface area contributed by atoms with Crippen LogP contribution >= 0.6 is 0 Å². The number of nitrogens with zero attached hydrogens (tertiary/aromatic N) is 4. The van der Waals surface area contributed by atoms with Gasteiger partial charge in [0.25, 0.3) is 0 Å². The van der Waals surface area contributed by atoms with E-state index in [9.17, 15) is 9.50 Å². The maximum Gasteiger partial charge on any atom is 0.160 e. The van der Waals surface area contributed by atoms with E-state index in [0.29, 0.717) is 5.82 Å². The molecule has 2 heterocycles. The first-order chi connectivity index (χ1) is 10.6. The molecule has 0 spiro atoms. The van der Waals surface area contributed by atoms with E-state index in [0.717, 1.165) is 17.1 Å². The highest BCUT2D eigenvalue weighted by molar-refractivity contribution is 5.50. The van der Waals surface area contributed by atoms with Crippen LogP contribution < -0.4 is 0 Å².